The van der Waals surface area contributed by atoms with Gasteiger partial charge in [0.2, 0.25) is 5.78 Å². The van der Waals surface area contributed by atoms with Crippen LogP contribution in [0.4, 0.5) is 0 Å². The lowest BCUT2D eigenvalue weighted by atomic mass is 10.00. The molecule has 0 aliphatic heterocycles. The van der Waals surface area contributed by atoms with Crippen LogP contribution < -0.4 is 0 Å². The van der Waals surface area contributed by atoms with E-state index in [1.807, 2.05) is 6.07 Å². The van der Waals surface area contributed by atoms with Gasteiger partial charge in [-0.15, -0.1) is 0 Å². The Labute approximate surface area is 154 Å². The lowest BCUT2D eigenvalue weighted by molar-refractivity contribution is -0.140. The fraction of sp³-hybridized carbons (Fsp3) is 0.158. The second-order valence-electron chi connectivity index (χ2n) is 5.58. The van der Waals surface area contributed by atoms with Gasteiger partial charge in [-0.05, 0) is 48.4 Å². The van der Waals surface area contributed by atoms with E-state index in [4.69, 9.17) is 27.9 Å². The number of fused-ring (bicyclic) bond motifs is 1. The standard InChI is InChI=1S/C19H15Cl2NO3/c1-25-17(23)9-8-15-14-7-6-13(21)10-16(14)22-18(15)19(24)11-2-4-12(20)5-3-11/h2-7,10,22H,8-9H2,1H3. The third-order valence-electron chi connectivity index (χ3n) is 4.01. The van der Waals surface area contributed by atoms with E-state index in [1.165, 1.54) is 7.11 Å². The molecule has 25 heavy (non-hydrogen) atoms. The maximum Gasteiger partial charge on any atom is 0.305 e. The van der Waals surface area contributed by atoms with Gasteiger partial charge in [0.25, 0.3) is 0 Å². The van der Waals surface area contributed by atoms with E-state index in [-0.39, 0.29) is 18.2 Å². The molecule has 0 radical (unpaired) electrons. The Morgan fingerprint density at radius 3 is 2.40 bits per heavy atom. The van der Waals surface area contributed by atoms with E-state index in [2.05, 4.69) is 4.98 Å². The molecule has 0 amide bonds. The largest absolute Gasteiger partial charge is 0.469 e. The second-order valence-corrected chi connectivity index (χ2v) is 6.45. The average molecular weight is 376 g/mol. The smallest absolute Gasteiger partial charge is 0.305 e. The number of rotatable bonds is 5. The fourth-order valence-electron chi connectivity index (χ4n) is 2.76. The quantitative estimate of drug-likeness (QED) is 0.514. The summed E-state index contributed by atoms with van der Waals surface area (Å²) < 4.78 is 4.71. The van der Waals surface area contributed by atoms with Gasteiger partial charge < -0.3 is 9.72 Å². The number of hydrogen-bond donors (Lipinski definition) is 1. The van der Waals surface area contributed by atoms with Crippen LogP contribution in [0.3, 0.4) is 0 Å². The van der Waals surface area contributed by atoms with Crippen LogP contribution >= 0.6 is 23.2 Å². The number of nitrogens with one attached hydrogen (secondary N) is 1. The molecule has 4 nitrogen and oxygen atoms in total. The van der Waals surface area contributed by atoms with Gasteiger partial charge in [0, 0.05) is 32.9 Å². The van der Waals surface area contributed by atoms with Gasteiger partial charge in [-0.25, -0.2) is 0 Å². The number of aryl methyl sites for hydroxylation is 1. The summed E-state index contributed by atoms with van der Waals surface area (Å²) in [6.07, 6.45) is 0.579. The third-order valence-corrected chi connectivity index (χ3v) is 4.50. The van der Waals surface area contributed by atoms with Gasteiger partial charge in [-0.3, -0.25) is 9.59 Å². The second kappa shape index (κ2) is 7.30. The van der Waals surface area contributed by atoms with Gasteiger partial charge in [0.15, 0.2) is 0 Å². The maximum absolute atomic E-state index is 12.9. The van der Waals surface area contributed by atoms with Crippen LogP contribution in [0.25, 0.3) is 10.9 Å². The van der Waals surface area contributed by atoms with Crippen molar-refractivity contribution in [2.45, 2.75) is 12.8 Å². The minimum absolute atomic E-state index is 0.163. The Morgan fingerprint density at radius 2 is 1.72 bits per heavy atom. The fourth-order valence-corrected chi connectivity index (χ4v) is 3.05. The molecule has 0 aliphatic rings. The highest BCUT2D eigenvalue weighted by molar-refractivity contribution is 6.31. The Hall–Kier alpha value is -2.30. The number of methoxy groups -OCH3 is 1. The van der Waals surface area contributed by atoms with Crippen LogP contribution in [-0.2, 0) is 16.0 Å². The number of ether oxygens (including phenoxy) is 1. The van der Waals surface area contributed by atoms with Crippen LogP contribution in [0.2, 0.25) is 10.0 Å². The highest BCUT2D eigenvalue weighted by Gasteiger charge is 2.20. The van der Waals surface area contributed by atoms with E-state index < -0.39 is 0 Å². The molecule has 0 spiro atoms. The topological polar surface area (TPSA) is 59.2 Å². The highest BCUT2D eigenvalue weighted by atomic mass is 35.5. The molecule has 3 rings (SSSR count). The average Bonchev–Trinajstić information content (AvgIpc) is 2.97. The molecule has 3 aromatic rings. The zero-order chi connectivity index (χ0) is 18.0. The molecule has 0 unspecified atom stereocenters. The van der Waals surface area contributed by atoms with Gasteiger partial charge in [0.1, 0.15) is 0 Å². The van der Waals surface area contributed by atoms with Gasteiger partial charge in [0.05, 0.1) is 12.8 Å². The van der Waals surface area contributed by atoms with Crippen LogP contribution in [0.5, 0.6) is 0 Å². The normalized spacial score (nSPS) is 10.8. The number of hydrogen-bond acceptors (Lipinski definition) is 3. The number of benzene rings is 2. The summed E-state index contributed by atoms with van der Waals surface area (Å²) in [5.74, 6) is -0.489. The van der Waals surface area contributed by atoms with E-state index in [1.54, 1.807) is 36.4 Å². The first-order valence-corrected chi connectivity index (χ1v) is 8.42. The molecular formula is C19H15Cl2NO3. The van der Waals surface area contributed by atoms with E-state index in [0.717, 1.165) is 16.5 Å². The first kappa shape index (κ1) is 17.5. The predicted molar refractivity (Wildman–Crippen MR) is 98.5 cm³/mol. The van der Waals surface area contributed by atoms with Crippen LogP contribution in [0.1, 0.15) is 28.0 Å². The van der Waals surface area contributed by atoms with Gasteiger partial charge in [-0.2, -0.15) is 0 Å². The molecule has 6 heteroatoms. The van der Waals surface area contributed by atoms with E-state index in [9.17, 15) is 9.59 Å². The van der Waals surface area contributed by atoms with Crippen LogP contribution in [-0.4, -0.2) is 23.8 Å². The molecule has 0 fully saturated rings. The van der Waals surface area contributed by atoms with Gasteiger partial charge in [-0.1, -0.05) is 29.3 Å². The zero-order valence-corrected chi connectivity index (χ0v) is 14.9. The number of ketones is 1. The van der Waals surface area contributed by atoms with Crippen molar-refractivity contribution in [2.75, 3.05) is 7.11 Å². The number of aromatic amines is 1. The summed E-state index contributed by atoms with van der Waals surface area (Å²) in [5, 5.41) is 2.00. The van der Waals surface area contributed by atoms with Crippen molar-refractivity contribution in [3.8, 4) is 0 Å². The molecular weight excluding hydrogens is 361 g/mol. The minimum Gasteiger partial charge on any atom is -0.469 e. The lowest BCUT2D eigenvalue weighted by Gasteiger charge is -2.05. The van der Waals surface area contributed by atoms with Crippen molar-refractivity contribution >= 4 is 45.9 Å². The lowest BCUT2D eigenvalue weighted by Crippen LogP contribution is -2.07. The number of esters is 1. The molecule has 1 aromatic heterocycles. The van der Waals surface area contributed by atoms with E-state index in [0.29, 0.717) is 27.7 Å². The molecule has 128 valence electrons. The van der Waals surface area contributed by atoms with Crippen molar-refractivity contribution in [3.63, 3.8) is 0 Å². The maximum atomic E-state index is 12.9. The van der Waals surface area contributed by atoms with Crippen molar-refractivity contribution < 1.29 is 14.3 Å². The summed E-state index contributed by atoms with van der Waals surface area (Å²) >= 11 is 11.9. The Morgan fingerprint density at radius 1 is 1.04 bits per heavy atom. The SMILES string of the molecule is COC(=O)CCc1c(C(=O)c2ccc(Cl)cc2)[nH]c2cc(Cl)ccc12. The predicted octanol–water partition coefficient (Wildman–Crippen LogP) is 4.81. The summed E-state index contributed by atoms with van der Waals surface area (Å²) in [4.78, 5) is 27.6. The Bertz CT molecular complexity index is 945. The minimum atomic E-state index is -0.326. The summed E-state index contributed by atoms with van der Waals surface area (Å²) in [7, 11) is 1.34. The number of carbonyl (C=O) groups excluding carboxylic acids is 2. The summed E-state index contributed by atoms with van der Waals surface area (Å²) in [5.41, 5.74) is 2.49. The number of halogens is 2. The van der Waals surface area contributed by atoms with Crippen LogP contribution in [0, 0.1) is 0 Å². The van der Waals surface area contributed by atoms with Crippen molar-refractivity contribution in [1.82, 2.24) is 4.98 Å². The monoisotopic (exact) mass is 375 g/mol. The van der Waals surface area contributed by atoms with Crippen LogP contribution in [0.15, 0.2) is 42.5 Å². The molecule has 0 bridgehead atoms. The molecule has 2 aromatic carbocycles. The van der Waals surface area contributed by atoms with E-state index >= 15 is 0 Å². The molecule has 0 saturated heterocycles. The summed E-state index contributed by atoms with van der Waals surface area (Å²) in [6, 6.07) is 12.1. The Balaban J connectivity index is 2.07. The first-order chi connectivity index (χ1) is 12.0. The molecule has 1 N–H and O–H groups in total. The third kappa shape index (κ3) is 3.70. The molecule has 1 heterocycles. The highest BCUT2D eigenvalue weighted by Crippen LogP contribution is 2.28. The van der Waals surface area contributed by atoms with Gasteiger partial charge >= 0.3 is 5.97 Å². The molecule has 0 atom stereocenters. The number of aromatic nitrogens is 1. The number of carbonyl (C=O) groups is 2. The van der Waals surface area contributed by atoms with Crippen molar-refractivity contribution in [3.05, 3.63) is 69.3 Å². The van der Waals surface area contributed by atoms with Crippen molar-refractivity contribution in [1.29, 1.82) is 0 Å². The zero-order valence-electron chi connectivity index (χ0n) is 13.4. The summed E-state index contributed by atoms with van der Waals surface area (Å²) in [6.45, 7) is 0. The first-order valence-electron chi connectivity index (χ1n) is 7.67. The molecule has 0 saturated carbocycles. The Kier molecular flexibility index (Phi) is 5.11. The van der Waals surface area contributed by atoms with Crippen molar-refractivity contribution in [2.24, 2.45) is 0 Å². The molecule has 0 aliphatic carbocycles. The number of H-pyrrole nitrogens is 1.